The predicted octanol–water partition coefficient (Wildman–Crippen LogP) is 1.18. The highest BCUT2D eigenvalue weighted by atomic mass is 35.5. The van der Waals surface area contributed by atoms with Crippen molar-refractivity contribution < 1.29 is 4.79 Å². The fourth-order valence-corrected chi connectivity index (χ4v) is 2.26. The lowest BCUT2D eigenvalue weighted by Gasteiger charge is -2.44. The normalized spacial score (nSPS) is 20.2. The van der Waals surface area contributed by atoms with Gasteiger partial charge >= 0.3 is 0 Å². The van der Waals surface area contributed by atoms with Gasteiger partial charge in [-0.05, 0) is 26.0 Å². The lowest BCUT2D eigenvalue weighted by atomic mass is 9.97. The third-order valence-corrected chi connectivity index (χ3v) is 3.61. The van der Waals surface area contributed by atoms with Crippen molar-refractivity contribution in [2.24, 2.45) is 0 Å². The van der Waals surface area contributed by atoms with Crippen LogP contribution in [0.5, 0.6) is 0 Å². The van der Waals surface area contributed by atoms with Crippen molar-refractivity contribution in [3.05, 3.63) is 23.0 Å². The molecule has 2 rings (SSSR count). The number of hydrogen-bond donors (Lipinski definition) is 0. The van der Waals surface area contributed by atoms with E-state index in [0.717, 1.165) is 18.8 Å². The van der Waals surface area contributed by atoms with Gasteiger partial charge in [0.2, 0.25) is 5.91 Å². The Morgan fingerprint density at radius 1 is 1.33 bits per heavy atom. The summed E-state index contributed by atoms with van der Waals surface area (Å²) in [4.78, 5) is 16.0. The van der Waals surface area contributed by atoms with Crippen LogP contribution in [-0.4, -0.2) is 51.6 Å². The van der Waals surface area contributed by atoms with Crippen LogP contribution in [-0.2, 0) is 11.3 Å². The Hall–Kier alpha value is -1.20. The molecule has 1 amide bonds. The van der Waals surface area contributed by atoms with Gasteiger partial charge in [0.1, 0.15) is 0 Å². The van der Waals surface area contributed by atoms with Crippen LogP contribution >= 0.6 is 11.6 Å². The Morgan fingerprint density at radius 3 is 2.67 bits per heavy atom. The third-order valence-electron chi connectivity index (χ3n) is 3.41. The monoisotopic (exact) mass is 268 g/mol. The van der Waals surface area contributed by atoms with Crippen LogP contribution in [0, 0.1) is 0 Å². The molecule has 98 valence electrons. The van der Waals surface area contributed by atoms with Gasteiger partial charge in [0.05, 0.1) is 11.2 Å². The van der Waals surface area contributed by atoms with Gasteiger partial charge in [-0.2, -0.15) is 5.10 Å². The zero-order chi connectivity index (χ0) is 13.3. The van der Waals surface area contributed by atoms with Crippen LogP contribution in [0.3, 0.4) is 0 Å². The summed E-state index contributed by atoms with van der Waals surface area (Å²) in [5, 5.41) is 8.24. The average Bonchev–Trinajstić information content (AvgIpc) is 2.33. The molecule has 0 aromatic carbocycles. The van der Waals surface area contributed by atoms with Crippen LogP contribution < -0.4 is 0 Å². The van der Waals surface area contributed by atoms with Gasteiger partial charge in [0.15, 0.2) is 5.15 Å². The molecule has 0 atom stereocenters. The molecule has 0 unspecified atom stereocenters. The number of likely N-dealkylation sites (N-methyl/N-ethyl adjacent to an activating group) is 1. The lowest BCUT2D eigenvalue weighted by Crippen LogP contribution is -2.61. The Labute approximate surface area is 112 Å². The van der Waals surface area contributed by atoms with Crippen LogP contribution in [0.25, 0.3) is 0 Å². The molecular weight excluding hydrogens is 252 g/mol. The van der Waals surface area contributed by atoms with E-state index in [4.69, 9.17) is 11.6 Å². The first kappa shape index (κ1) is 13.2. The van der Waals surface area contributed by atoms with E-state index in [-0.39, 0.29) is 5.91 Å². The third kappa shape index (κ3) is 2.47. The standard InChI is InChI=1S/C12H17ClN4O/c1-12(2)11(18)16(3)6-7-17(12)8-9-4-5-10(13)15-14-9/h4-5H,6-8H2,1-3H3. The fourth-order valence-electron chi connectivity index (χ4n) is 2.15. The van der Waals surface area contributed by atoms with Crippen molar-refractivity contribution in [2.45, 2.75) is 25.9 Å². The summed E-state index contributed by atoms with van der Waals surface area (Å²) >= 11 is 5.70. The summed E-state index contributed by atoms with van der Waals surface area (Å²) in [5.74, 6) is 0.135. The Balaban J connectivity index is 2.14. The van der Waals surface area contributed by atoms with Crippen molar-refractivity contribution >= 4 is 17.5 Å². The van der Waals surface area contributed by atoms with Crippen LogP contribution in [0.4, 0.5) is 0 Å². The molecule has 0 N–H and O–H groups in total. The molecule has 1 fully saturated rings. The van der Waals surface area contributed by atoms with E-state index >= 15 is 0 Å². The number of carbonyl (C=O) groups is 1. The van der Waals surface area contributed by atoms with Crippen molar-refractivity contribution in [3.63, 3.8) is 0 Å². The van der Waals surface area contributed by atoms with Crippen molar-refractivity contribution in [1.82, 2.24) is 20.0 Å². The van der Waals surface area contributed by atoms with Crippen molar-refractivity contribution in [1.29, 1.82) is 0 Å². The van der Waals surface area contributed by atoms with E-state index < -0.39 is 5.54 Å². The molecule has 0 aliphatic carbocycles. The van der Waals surface area contributed by atoms with Crippen LogP contribution in [0.15, 0.2) is 12.1 Å². The second-order valence-corrected chi connectivity index (χ2v) is 5.44. The SMILES string of the molecule is CN1CCN(Cc2ccc(Cl)nn2)C(C)(C)C1=O. The molecule has 2 heterocycles. The number of nitrogens with zero attached hydrogens (tertiary/aromatic N) is 4. The van der Waals surface area contributed by atoms with Crippen LogP contribution in [0.1, 0.15) is 19.5 Å². The van der Waals surface area contributed by atoms with Crippen molar-refractivity contribution in [3.8, 4) is 0 Å². The number of rotatable bonds is 2. The van der Waals surface area contributed by atoms with E-state index in [2.05, 4.69) is 15.1 Å². The minimum Gasteiger partial charge on any atom is -0.343 e. The maximum atomic E-state index is 12.1. The van der Waals surface area contributed by atoms with Gasteiger partial charge in [-0.25, -0.2) is 0 Å². The molecular formula is C12H17ClN4O. The molecule has 0 saturated carbocycles. The molecule has 1 aromatic rings. The minimum absolute atomic E-state index is 0.135. The summed E-state index contributed by atoms with van der Waals surface area (Å²) in [6.07, 6.45) is 0. The van der Waals surface area contributed by atoms with E-state index in [0.29, 0.717) is 11.7 Å². The fraction of sp³-hybridized carbons (Fsp3) is 0.583. The Bertz CT molecular complexity index is 446. The molecule has 6 heteroatoms. The summed E-state index contributed by atoms with van der Waals surface area (Å²) in [6, 6.07) is 3.56. The van der Waals surface area contributed by atoms with Gasteiger partial charge < -0.3 is 4.90 Å². The molecule has 1 aliphatic heterocycles. The second-order valence-electron chi connectivity index (χ2n) is 5.05. The lowest BCUT2D eigenvalue weighted by molar-refractivity contribution is -0.147. The van der Waals surface area contributed by atoms with Gasteiger partial charge in [0.25, 0.3) is 0 Å². The summed E-state index contributed by atoms with van der Waals surface area (Å²) in [5.41, 5.74) is 0.318. The average molecular weight is 269 g/mol. The molecule has 0 radical (unpaired) electrons. The number of carbonyl (C=O) groups excluding carboxylic acids is 1. The molecule has 5 nitrogen and oxygen atoms in total. The summed E-state index contributed by atoms with van der Waals surface area (Å²) in [7, 11) is 1.84. The highest BCUT2D eigenvalue weighted by Crippen LogP contribution is 2.23. The molecule has 0 spiro atoms. The molecule has 18 heavy (non-hydrogen) atoms. The number of hydrogen-bond acceptors (Lipinski definition) is 4. The van der Waals surface area contributed by atoms with E-state index in [1.807, 2.05) is 27.0 Å². The number of halogens is 1. The largest absolute Gasteiger partial charge is 0.343 e. The van der Waals surface area contributed by atoms with E-state index in [1.165, 1.54) is 0 Å². The quantitative estimate of drug-likeness (QED) is 0.808. The molecule has 1 saturated heterocycles. The maximum Gasteiger partial charge on any atom is 0.242 e. The zero-order valence-corrected chi connectivity index (χ0v) is 11.6. The molecule has 0 bridgehead atoms. The van der Waals surface area contributed by atoms with E-state index in [1.54, 1.807) is 11.0 Å². The molecule has 1 aliphatic rings. The van der Waals surface area contributed by atoms with Gasteiger partial charge in [-0.15, -0.1) is 5.10 Å². The van der Waals surface area contributed by atoms with Gasteiger partial charge in [0, 0.05) is 26.7 Å². The van der Waals surface area contributed by atoms with Gasteiger partial charge in [-0.1, -0.05) is 11.6 Å². The maximum absolute atomic E-state index is 12.1. The second kappa shape index (κ2) is 4.82. The number of piperazine rings is 1. The Morgan fingerprint density at radius 2 is 2.06 bits per heavy atom. The summed E-state index contributed by atoms with van der Waals surface area (Å²) < 4.78 is 0. The zero-order valence-electron chi connectivity index (χ0n) is 10.9. The highest BCUT2D eigenvalue weighted by molar-refractivity contribution is 6.29. The number of amides is 1. The minimum atomic E-state index is -0.506. The summed E-state index contributed by atoms with van der Waals surface area (Å²) in [6.45, 7) is 6.06. The Kier molecular flexibility index (Phi) is 3.54. The molecule has 1 aromatic heterocycles. The van der Waals surface area contributed by atoms with Crippen LogP contribution in [0.2, 0.25) is 5.15 Å². The van der Waals surface area contributed by atoms with Crippen molar-refractivity contribution in [2.75, 3.05) is 20.1 Å². The number of aromatic nitrogens is 2. The smallest absolute Gasteiger partial charge is 0.242 e. The van der Waals surface area contributed by atoms with Gasteiger partial charge in [-0.3, -0.25) is 9.69 Å². The van der Waals surface area contributed by atoms with E-state index in [9.17, 15) is 4.79 Å². The first-order valence-electron chi connectivity index (χ1n) is 5.90. The topological polar surface area (TPSA) is 49.3 Å². The highest BCUT2D eigenvalue weighted by Gasteiger charge is 2.40. The first-order chi connectivity index (χ1) is 8.41. The predicted molar refractivity (Wildman–Crippen MR) is 69.2 cm³/mol. The first-order valence-corrected chi connectivity index (χ1v) is 6.28.